The Morgan fingerprint density at radius 2 is 1.42 bits per heavy atom. The first kappa shape index (κ1) is 10.8. The van der Waals surface area contributed by atoms with Crippen molar-refractivity contribution in [1.82, 2.24) is 0 Å². The number of hydrogen-bond donors (Lipinski definition) is 0. The van der Waals surface area contributed by atoms with Crippen molar-refractivity contribution in [3.05, 3.63) is 23.8 Å². The third-order valence-corrected chi connectivity index (χ3v) is 1.67. The highest BCUT2D eigenvalue weighted by Crippen LogP contribution is 2.26. The van der Waals surface area contributed by atoms with E-state index in [1.54, 1.807) is 14.2 Å². The molecule has 0 bridgehead atoms. The van der Waals surface area contributed by atoms with Gasteiger partial charge in [0.1, 0.15) is 11.5 Å². The van der Waals surface area contributed by atoms with Crippen molar-refractivity contribution in [2.24, 2.45) is 0 Å². The van der Waals surface area contributed by atoms with Crippen molar-refractivity contribution in [2.75, 3.05) is 14.2 Å². The van der Waals surface area contributed by atoms with Gasteiger partial charge in [-0.25, -0.2) is 0 Å². The highest BCUT2D eigenvalue weighted by atomic mass is 16.5. The lowest BCUT2D eigenvalue weighted by Crippen LogP contribution is -1.90. The first-order valence-electron chi connectivity index (χ1n) is 3.47. The maximum Gasteiger partial charge on any atom is 0.125 e. The molecule has 0 atom stereocenters. The Morgan fingerprint density at radius 3 is 1.75 bits per heavy atom. The predicted octanol–water partition coefficient (Wildman–Crippen LogP) is 2.65. The molecule has 0 unspecified atom stereocenters. The van der Waals surface area contributed by atoms with Gasteiger partial charge in [-0.1, -0.05) is 13.5 Å². The summed E-state index contributed by atoms with van der Waals surface area (Å²) in [5.74, 6) is 1.73. The van der Waals surface area contributed by atoms with Crippen LogP contribution in [0.2, 0.25) is 0 Å². The largest absolute Gasteiger partial charge is 0.496 e. The molecule has 0 aliphatic rings. The molecule has 0 aliphatic carbocycles. The molecule has 1 rings (SSSR count). The second-order valence-electron chi connectivity index (χ2n) is 2.29. The predicted molar refractivity (Wildman–Crippen MR) is 51.0 cm³/mol. The van der Waals surface area contributed by atoms with E-state index in [1.165, 1.54) is 0 Å². The summed E-state index contributed by atoms with van der Waals surface area (Å²) < 4.78 is 10.2. The van der Waals surface area contributed by atoms with Crippen molar-refractivity contribution in [2.45, 2.75) is 14.4 Å². The SMILES string of the molecule is C.COc1cccc(OC)c1C. The molecule has 0 amide bonds. The molecule has 1 aromatic carbocycles. The van der Waals surface area contributed by atoms with Gasteiger partial charge >= 0.3 is 0 Å². The Labute approximate surface area is 74.1 Å². The summed E-state index contributed by atoms with van der Waals surface area (Å²) in [5.41, 5.74) is 1.04. The maximum atomic E-state index is 5.11. The summed E-state index contributed by atoms with van der Waals surface area (Å²) in [4.78, 5) is 0. The quantitative estimate of drug-likeness (QED) is 0.676. The standard InChI is InChI=1S/C9H12O2.CH4/c1-7-8(10-2)5-4-6-9(7)11-3;/h4-6H,1-3H3;1H4. The minimum atomic E-state index is 0. The summed E-state index contributed by atoms with van der Waals surface area (Å²) >= 11 is 0. The zero-order valence-corrected chi connectivity index (χ0v) is 7.05. The summed E-state index contributed by atoms with van der Waals surface area (Å²) in [6.45, 7) is 1.97. The van der Waals surface area contributed by atoms with Crippen LogP contribution in [0.3, 0.4) is 0 Å². The van der Waals surface area contributed by atoms with Gasteiger partial charge in [0.05, 0.1) is 14.2 Å². The van der Waals surface area contributed by atoms with Crippen LogP contribution in [0, 0.1) is 6.92 Å². The van der Waals surface area contributed by atoms with Crippen LogP contribution in [-0.2, 0) is 0 Å². The fourth-order valence-corrected chi connectivity index (χ4v) is 1.04. The lowest BCUT2D eigenvalue weighted by Gasteiger charge is -2.07. The monoisotopic (exact) mass is 168 g/mol. The first-order valence-corrected chi connectivity index (χ1v) is 3.47. The van der Waals surface area contributed by atoms with E-state index in [2.05, 4.69) is 0 Å². The lowest BCUT2D eigenvalue weighted by molar-refractivity contribution is 0.389. The first-order chi connectivity index (χ1) is 5.29. The zero-order chi connectivity index (χ0) is 8.27. The normalized spacial score (nSPS) is 8.58. The Bertz CT molecular complexity index is 221. The van der Waals surface area contributed by atoms with Crippen LogP contribution in [0.5, 0.6) is 11.5 Å². The fraction of sp³-hybridized carbons (Fsp3) is 0.400. The van der Waals surface area contributed by atoms with Crippen molar-refractivity contribution >= 4 is 0 Å². The number of benzene rings is 1. The third-order valence-electron chi connectivity index (χ3n) is 1.67. The molecule has 0 spiro atoms. The van der Waals surface area contributed by atoms with Crippen LogP contribution >= 0.6 is 0 Å². The topological polar surface area (TPSA) is 18.5 Å². The average molecular weight is 168 g/mol. The maximum absolute atomic E-state index is 5.11. The molecule has 68 valence electrons. The summed E-state index contributed by atoms with van der Waals surface area (Å²) in [6, 6.07) is 5.74. The summed E-state index contributed by atoms with van der Waals surface area (Å²) in [7, 11) is 3.31. The van der Waals surface area contributed by atoms with Crippen LogP contribution in [0.4, 0.5) is 0 Å². The van der Waals surface area contributed by atoms with Gasteiger partial charge in [0, 0.05) is 5.56 Å². The molecule has 12 heavy (non-hydrogen) atoms. The average Bonchev–Trinajstić information content (AvgIpc) is 2.05. The fourth-order valence-electron chi connectivity index (χ4n) is 1.04. The van der Waals surface area contributed by atoms with Gasteiger partial charge < -0.3 is 9.47 Å². The van der Waals surface area contributed by atoms with Gasteiger partial charge in [0.25, 0.3) is 0 Å². The van der Waals surface area contributed by atoms with Gasteiger partial charge in [0.15, 0.2) is 0 Å². The van der Waals surface area contributed by atoms with E-state index in [-0.39, 0.29) is 7.43 Å². The molecule has 2 heteroatoms. The van der Waals surface area contributed by atoms with Crippen LogP contribution in [0.1, 0.15) is 13.0 Å². The molecule has 0 fully saturated rings. The number of hydrogen-bond acceptors (Lipinski definition) is 2. The molecule has 0 heterocycles. The van der Waals surface area contributed by atoms with Crippen LogP contribution < -0.4 is 9.47 Å². The zero-order valence-electron chi connectivity index (χ0n) is 7.05. The Balaban J connectivity index is 0.00000121. The lowest BCUT2D eigenvalue weighted by atomic mass is 10.2. The molecule has 1 aromatic rings. The second kappa shape index (κ2) is 4.65. The third kappa shape index (κ3) is 1.91. The van der Waals surface area contributed by atoms with Crippen LogP contribution in [0.15, 0.2) is 18.2 Å². The van der Waals surface area contributed by atoms with Gasteiger partial charge in [-0.3, -0.25) is 0 Å². The van der Waals surface area contributed by atoms with E-state index in [4.69, 9.17) is 9.47 Å². The molecule has 0 N–H and O–H groups in total. The Morgan fingerprint density at radius 1 is 1.00 bits per heavy atom. The van der Waals surface area contributed by atoms with E-state index in [0.29, 0.717) is 0 Å². The number of rotatable bonds is 2. The van der Waals surface area contributed by atoms with Crippen molar-refractivity contribution in [1.29, 1.82) is 0 Å². The smallest absolute Gasteiger partial charge is 0.125 e. The molecule has 2 nitrogen and oxygen atoms in total. The van der Waals surface area contributed by atoms with E-state index < -0.39 is 0 Å². The van der Waals surface area contributed by atoms with Gasteiger partial charge in [-0.2, -0.15) is 0 Å². The van der Waals surface area contributed by atoms with Gasteiger partial charge in [-0.05, 0) is 19.1 Å². The van der Waals surface area contributed by atoms with Crippen molar-refractivity contribution in [3.8, 4) is 11.5 Å². The van der Waals surface area contributed by atoms with Crippen molar-refractivity contribution in [3.63, 3.8) is 0 Å². The van der Waals surface area contributed by atoms with E-state index in [1.807, 2.05) is 25.1 Å². The summed E-state index contributed by atoms with van der Waals surface area (Å²) in [6.07, 6.45) is 0. The molecule has 0 radical (unpaired) electrons. The van der Waals surface area contributed by atoms with E-state index in [0.717, 1.165) is 17.1 Å². The Hall–Kier alpha value is -1.18. The highest BCUT2D eigenvalue weighted by molar-refractivity contribution is 5.43. The van der Waals surface area contributed by atoms with E-state index in [9.17, 15) is 0 Å². The number of ether oxygens (including phenoxy) is 2. The summed E-state index contributed by atoms with van der Waals surface area (Å²) in [5, 5.41) is 0. The molecular formula is C10H16O2. The molecule has 0 saturated carbocycles. The highest BCUT2D eigenvalue weighted by Gasteiger charge is 2.01. The van der Waals surface area contributed by atoms with Gasteiger partial charge in [-0.15, -0.1) is 0 Å². The van der Waals surface area contributed by atoms with Crippen molar-refractivity contribution < 1.29 is 9.47 Å². The van der Waals surface area contributed by atoms with Gasteiger partial charge in [0.2, 0.25) is 0 Å². The molecule has 0 saturated heterocycles. The number of methoxy groups -OCH3 is 2. The van der Waals surface area contributed by atoms with Crippen LogP contribution in [-0.4, -0.2) is 14.2 Å². The Kier molecular flexibility index (Phi) is 4.19. The minimum absolute atomic E-state index is 0. The minimum Gasteiger partial charge on any atom is -0.496 e. The molecule has 0 aliphatic heterocycles. The van der Waals surface area contributed by atoms with E-state index >= 15 is 0 Å². The molecule has 0 aromatic heterocycles. The molecular weight excluding hydrogens is 152 g/mol. The van der Waals surface area contributed by atoms with Crippen LogP contribution in [0.25, 0.3) is 0 Å². The second-order valence-corrected chi connectivity index (χ2v) is 2.29.